The number of fused-ring (bicyclic) bond motifs is 8. The van der Waals surface area contributed by atoms with Crippen LogP contribution in [-0.2, 0) is 7.05 Å². The summed E-state index contributed by atoms with van der Waals surface area (Å²) in [6, 6.07) is 8.63. The van der Waals surface area contributed by atoms with Crippen LogP contribution in [0.3, 0.4) is 0 Å². The van der Waals surface area contributed by atoms with Gasteiger partial charge in [-0.1, -0.05) is 12.1 Å². The highest BCUT2D eigenvalue weighted by molar-refractivity contribution is 14.1. The first-order valence-corrected chi connectivity index (χ1v) is 9.44. The normalized spacial score (nSPS) is 12.6. The van der Waals surface area contributed by atoms with E-state index in [0.29, 0.717) is 0 Å². The number of hydrogen-bond acceptors (Lipinski definition) is 2. The van der Waals surface area contributed by atoms with E-state index >= 15 is 0 Å². The molecule has 4 heterocycles. The molecule has 0 spiro atoms. The maximum Gasteiger partial charge on any atom is 0.224 e. The zero-order valence-corrected chi connectivity index (χ0v) is 16.7. The molecule has 0 aliphatic carbocycles. The fourth-order valence-corrected chi connectivity index (χ4v) is 5.27. The lowest BCUT2D eigenvalue weighted by Gasteiger charge is -2.05. The van der Waals surface area contributed by atoms with Crippen LogP contribution in [0, 0.1) is 13.8 Å². The van der Waals surface area contributed by atoms with Crippen LogP contribution in [0.25, 0.3) is 44.7 Å². The minimum absolute atomic E-state index is 0.946. The Morgan fingerprint density at radius 1 is 1.00 bits per heavy atom. The van der Waals surface area contributed by atoms with E-state index < -0.39 is 0 Å². The first-order valence-electron chi connectivity index (χ1n) is 8.47. The second-order valence-electron chi connectivity index (χ2n) is 6.86. The summed E-state index contributed by atoms with van der Waals surface area (Å²) >= 11 is 2.34. The van der Waals surface area contributed by atoms with Gasteiger partial charge >= 0.3 is 0 Å². The SMILES string of the molecule is Cc1cccc2c1nc1n(C)c3c(C)c4c(cc3n21)n1ccnc1n4I. The van der Waals surface area contributed by atoms with Crippen molar-refractivity contribution in [1.29, 1.82) is 0 Å². The molecule has 0 saturated heterocycles. The van der Waals surface area contributed by atoms with Crippen molar-refractivity contribution in [2.45, 2.75) is 13.8 Å². The average Bonchev–Trinajstić information content (AvgIpc) is 3.33. The largest absolute Gasteiger partial charge is 0.312 e. The second-order valence-corrected chi connectivity index (χ2v) is 7.83. The van der Waals surface area contributed by atoms with Crippen molar-refractivity contribution < 1.29 is 0 Å². The first-order chi connectivity index (χ1) is 12.6. The summed E-state index contributed by atoms with van der Waals surface area (Å²) in [4.78, 5) is 9.44. The zero-order chi connectivity index (χ0) is 17.7. The molecule has 0 unspecified atom stereocenters. The molecule has 0 saturated carbocycles. The Morgan fingerprint density at radius 3 is 2.69 bits per heavy atom. The molecule has 0 N–H and O–H groups in total. The third-order valence-electron chi connectivity index (χ3n) is 5.47. The van der Waals surface area contributed by atoms with Crippen LogP contribution >= 0.6 is 22.9 Å². The zero-order valence-electron chi connectivity index (χ0n) is 14.5. The number of halogens is 1. The molecule has 7 heteroatoms. The molecule has 0 atom stereocenters. The van der Waals surface area contributed by atoms with E-state index in [1.165, 1.54) is 33.2 Å². The molecular weight excluding hydrogens is 439 g/mol. The van der Waals surface area contributed by atoms with Crippen molar-refractivity contribution in [3.8, 4) is 0 Å². The van der Waals surface area contributed by atoms with Gasteiger partial charge in [0, 0.05) is 25.0 Å². The molecule has 26 heavy (non-hydrogen) atoms. The molecule has 128 valence electrons. The number of imidazole rings is 4. The minimum Gasteiger partial charge on any atom is -0.312 e. The van der Waals surface area contributed by atoms with E-state index in [9.17, 15) is 0 Å². The van der Waals surface area contributed by atoms with Gasteiger partial charge in [0.1, 0.15) is 0 Å². The Kier molecular flexibility index (Phi) is 2.58. The van der Waals surface area contributed by atoms with E-state index in [1.54, 1.807) is 0 Å². The van der Waals surface area contributed by atoms with E-state index in [2.05, 4.69) is 89.2 Å². The molecule has 0 amide bonds. The van der Waals surface area contributed by atoms with Crippen LogP contribution in [-0.4, -0.2) is 26.1 Å². The lowest BCUT2D eigenvalue weighted by Crippen LogP contribution is -1.93. The molecule has 2 aromatic carbocycles. The highest BCUT2D eigenvalue weighted by Gasteiger charge is 2.21. The monoisotopic (exact) mass is 454 g/mol. The molecule has 0 bridgehead atoms. The average molecular weight is 454 g/mol. The minimum atomic E-state index is 0.946. The molecule has 6 rings (SSSR count). The van der Waals surface area contributed by atoms with E-state index in [4.69, 9.17) is 4.98 Å². The van der Waals surface area contributed by atoms with Gasteiger partial charge < -0.3 is 4.57 Å². The maximum atomic E-state index is 4.94. The van der Waals surface area contributed by atoms with Crippen LogP contribution in [0.4, 0.5) is 0 Å². The lowest BCUT2D eigenvalue weighted by molar-refractivity contribution is 0.970. The Labute approximate surface area is 162 Å². The molecule has 0 fully saturated rings. The summed E-state index contributed by atoms with van der Waals surface area (Å²) in [5.74, 6) is 1.92. The van der Waals surface area contributed by atoms with Gasteiger partial charge in [-0.2, -0.15) is 0 Å². The fraction of sp³-hybridized carbons (Fsp3) is 0.158. The van der Waals surface area contributed by atoms with Crippen molar-refractivity contribution in [1.82, 2.24) is 26.1 Å². The van der Waals surface area contributed by atoms with Crippen molar-refractivity contribution in [2.75, 3.05) is 0 Å². The van der Waals surface area contributed by atoms with Gasteiger partial charge in [-0.25, -0.2) is 12.7 Å². The summed E-state index contributed by atoms with van der Waals surface area (Å²) in [6.45, 7) is 4.30. The molecule has 0 aliphatic rings. The summed E-state index contributed by atoms with van der Waals surface area (Å²) in [7, 11) is 2.10. The van der Waals surface area contributed by atoms with Crippen LogP contribution < -0.4 is 0 Å². The van der Waals surface area contributed by atoms with Crippen LogP contribution in [0.1, 0.15) is 11.1 Å². The molecule has 6 aromatic rings. The Morgan fingerprint density at radius 2 is 1.85 bits per heavy atom. The van der Waals surface area contributed by atoms with Gasteiger partial charge in [-0.15, -0.1) is 0 Å². The Bertz CT molecular complexity index is 1520. The number of aromatic nitrogens is 6. The Balaban J connectivity index is 1.96. The van der Waals surface area contributed by atoms with Gasteiger partial charge in [-0.05, 0) is 31.5 Å². The van der Waals surface area contributed by atoms with E-state index in [-0.39, 0.29) is 0 Å². The predicted octanol–water partition coefficient (Wildman–Crippen LogP) is 4.40. The van der Waals surface area contributed by atoms with E-state index in [0.717, 1.165) is 22.6 Å². The van der Waals surface area contributed by atoms with Crippen molar-refractivity contribution >= 4 is 67.5 Å². The molecule has 0 aliphatic heterocycles. The number of rotatable bonds is 0. The number of para-hydroxylation sites is 1. The quantitative estimate of drug-likeness (QED) is 0.320. The fourth-order valence-electron chi connectivity index (χ4n) is 4.31. The van der Waals surface area contributed by atoms with Gasteiger partial charge in [0.05, 0.1) is 56.0 Å². The third kappa shape index (κ3) is 1.50. The van der Waals surface area contributed by atoms with Crippen LogP contribution in [0.15, 0.2) is 36.7 Å². The number of nitrogens with zero attached hydrogens (tertiary/aromatic N) is 6. The number of benzene rings is 2. The maximum absolute atomic E-state index is 4.94. The van der Waals surface area contributed by atoms with Gasteiger partial charge in [0.2, 0.25) is 11.6 Å². The second kappa shape index (κ2) is 4.59. The molecule has 0 radical (unpaired) electrons. The van der Waals surface area contributed by atoms with Gasteiger partial charge in [0.15, 0.2) is 0 Å². The van der Waals surface area contributed by atoms with Crippen LogP contribution in [0.2, 0.25) is 0 Å². The van der Waals surface area contributed by atoms with Gasteiger partial charge in [-0.3, -0.25) is 8.80 Å². The van der Waals surface area contributed by atoms with Crippen LogP contribution in [0.5, 0.6) is 0 Å². The smallest absolute Gasteiger partial charge is 0.224 e. The Hall–Kier alpha value is -2.55. The summed E-state index contributed by atoms with van der Waals surface area (Å²) in [5.41, 5.74) is 9.42. The summed E-state index contributed by atoms with van der Waals surface area (Å²) in [6.07, 6.45) is 3.87. The first kappa shape index (κ1) is 14.6. The van der Waals surface area contributed by atoms with Crippen molar-refractivity contribution in [2.24, 2.45) is 7.05 Å². The third-order valence-corrected chi connectivity index (χ3v) is 6.38. The molecule has 6 nitrogen and oxygen atoms in total. The highest BCUT2D eigenvalue weighted by atomic mass is 127. The number of hydrogen-bond donors (Lipinski definition) is 0. The van der Waals surface area contributed by atoms with Crippen molar-refractivity contribution in [3.05, 3.63) is 47.8 Å². The summed E-state index contributed by atoms with van der Waals surface area (Å²) in [5, 5.41) is 0. The predicted molar refractivity (Wildman–Crippen MR) is 112 cm³/mol. The van der Waals surface area contributed by atoms with E-state index in [1.807, 2.05) is 12.4 Å². The van der Waals surface area contributed by atoms with Crippen molar-refractivity contribution in [3.63, 3.8) is 0 Å². The standard InChI is InChI=1S/C19H15IN6/c1-10-5-4-6-12-15(10)22-19-23(3)16-11(2)17-13(9-14(16)25(12)19)24-8-7-21-18(24)26(17)20/h4-9H,1-3H3. The topological polar surface area (TPSA) is 44.5 Å². The molecular formula is C19H15IN6. The van der Waals surface area contributed by atoms with Gasteiger partial charge in [0.25, 0.3) is 0 Å². The highest BCUT2D eigenvalue weighted by Crippen LogP contribution is 2.35. The lowest BCUT2D eigenvalue weighted by atomic mass is 10.1. The summed E-state index contributed by atoms with van der Waals surface area (Å²) < 4.78 is 8.77. The number of aryl methyl sites for hydroxylation is 3. The molecule has 4 aromatic heterocycles.